The Labute approximate surface area is 164 Å². The van der Waals surface area contributed by atoms with Crippen molar-refractivity contribution < 1.29 is 14.3 Å². The van der Waals surface area contributed by atoms with E-state index in [-0.39, 0.29) is 17.7 Å². The molecule has 0 saturated carbocycles. The van der Waals surface area contributed by atoms with Crippen molar-refractivity contribution in [3.63, 3.8) is 0 Å². The molecule has 3 nitrogen and oxygen atoms in total. The minimum Gasteiger partial charge on any atom is -0.405 e. The Morgan fingerprint density at radius 2 is 1.52 bits per heavy atom. The minimum absolute atomic E-state index is 0.0715. The molecule has 2 aromatic carbocycles. The van der Waals surface area contributed by atoms with Crippen molar-refractivity contribution in [1.29, 1.82) is 0 Å². The maximum atomic E-state index is 9.41. The number of benzene rings is 2. The van der Waals surface area contributed by atoms with Gasteiger partial charge in [0.05, 0.1) is 19.3 Å². The summed E-state index contributed by atoms with van der Waals surface area (Å²) in [6.07, 6.45) is 2.12. The Morgan fingerprint density at radius 3 is 1.93 bits per heavy atom. The quantitative estimate of drug-likeness (QED) is 0.503. The fourth-order valence-electron chi connectivity index (χ4n) is 3.54. The summed E-state index contributed by atoms with van der Waals surface area (Å²) in [5.41, 5.74) is 0. The lowest BCUT2D eigenvalue weighted by Gasteiger charge is -2.43. The highest BCUT2D eigenvalue weighted by Crippen LogP contribution is 2.36. The van der Waals surface area contributed by atoms with E-state index >= 15 is 0 Å². The van der Waals surface area contributed by atoms with Crippen molar-refractivity contribution in [3.8, 4) is 0 Å². The summed E-state index contributed by atoms with van der Waals surface area (Å²) >= 11 is 0. The lowest BCUT2D eigenvalue weighted by molar-refractivity contribution is 0.0179. The molecule has 0 amide bonds. The molecule has 2 rings (SSSR count). The van der Waals surface area contributed by atoms with Crippen LogP contribution >= 0.6 is 0 Å². The maximum Gasteiger partial charge on any atom is 0.261 e. The van der Waals surface area contributed by atoms with Gasteiger partial charge in [0.2, 0.25) is 0 Å². The topological polar surface area (TPSA) is 38.7 Å². The lowest BCUT2D eigenvalue weighted by atomic mass is 10.2. The zero-order valence-electron chi connectivity index (χ0n) is 16.7. The van der Waals surface area contributed by atoms with Crippen LogP contribution in [0.3, 0.4) is 0 Å². The van der Waals surface area contributed by atoms with Gasteiger partial charge in [-0.1, -0.05) is 87.5 Å². The van der Waals surface area contributed by atoms with E-state index in [4.69, 9.17) is 9.16 Å². The SMILES string of the molecule is C=CCO[C@@H](CCO)CO[Si](c1ccccc1)(c1ccccc1)C(C)(C)C. The van der Waals surface area contributed by atoms with Gasteiger partial charge in [0, 0.05) is 6.61 Å². The molecule has 0 heterocycles. The van der Waals surface area contributed by atoms with Gasteiger partial charge in [0.25, 0.3) is 8.32 Å². The van der Waals surface area contributed by atoms with E-state index in [2.05, 4.69) is 75.9 Å². The standard InChI is InChI=1S/C23H32O3Si/c1-5-18-25-20(16-17-24)19-26-27(23(2,3)4,21-12-8-6-9-13-21)22-14-10-7-11-15-22/h5-15,20,24H,1,16-19H2,2-4H3/t20-/m0/s1. The monoisotopic (exact) mass is 384 g/mol. The van der Waals surface area contributed by atoms with Crippen LogP contribution in [0.15, 0.2) is 73.3 Å². The molecule has 0 radical (unpaired) electrons. The van der Waals surface area contributed by atoms with E-state index in [1.165, 1.54) is 10.4 Å². The number of ether oxygens (including phenoxy) is 1. The van der Waals surface area contributed by atoms with Crippen LogP contribution in [0.1, 0.15) is 27.2 Å². The maximum absolute atomic E-state index is 9.41. The van der Waals surface area contributed by atoms with Crippen LogP contribution in [0.25, 0.3) is 0 Å². The van der Waals surface area contributed by atoms with Gasteiger partial charge in [0.15, 0.2) is 0 Å². The van der Waals surface area contributed by atoms with E-state index < -0.39 is 8.32 Å². The Morgan fingerprint density at radius 1 is 1.00 bits per heavy atom. The molecule has 2 aromatic rings. The average Bonchev–Trinajstić information content (AvgIpc) is 2.67. The molecule has 0 saturated heterocycles. The number of aliphatic hydroxyl groups is 1. The van der Waals surface area contributed by atoms with Crippen LogP contribution in [0.5, 0.6) is 0 Å². The second-order valence-electron chi connectivity index (χ2n) is 7.73. The Kier molecular flexibility index (Phi) is 7.99. The summed E-state index contributed by atoms with van der Waals surface area (Å²) in [5.74, 6) is 0. The molecule has 0 aromatic heterocycles. The largest absolute Gasteiger partial charge is 0.405 e. The molecule has 1 atom stereocenters. The highest BCUT2D eigenvalue weighted by atomic mass is 28.4. The molecule has 1 N–H and O–H groups in total. The van der Waals surface area contributed by atoms with Crippen molar-refractivity contribution >= 4 is 18.7 Å². The van der Waals surface area contributed by atoms with Crippen LogP contribution in [0.4, 0.5) is 0 Å². The second-order valence-corrected chi connectivity index (χ2v) is 12.0. The lowest BCUT2D eigenvalue weighted by Crippen LogP contribution is -2.67. The smallest absolute Gasteiger partial charge is 0.261 e. The summed E-state index contributed by atoms with van der Waals surface area (Å²) in [5, 5.41) is 11.8. The molecular formula is C23H32O3Si. The number of hydrogen-bond acceptors (Lipinski definition) is 3. The van der Waals surface area contributed by atoms with E-state index in [0.717, 1.165) is 0 Å². The van der Waals surface area contributed by atoms with Crippen LogP contribution in [0.2, 0.25) is 5.04 Å². The first kappa shape index (κ1) is 21.6. The van der Waals surface area contributed by atoms with Crippen LogP contribution in [-0.2, 0) is 9.16 Å². The zero-order chi connectivity index (χ0) is 19.8. The van der Waals surface area contributed by atoms with Gasteiger partial charge in [-0.05, 0) is 21.8 Å². The van der Waals surface area contributed by atoms with Gasteiger partial charge < -0.3 is 14.3 Å². The van der Waals surface area contributed by atoms with Gasteiger partial charge in [-0.25, -0.2) is 0 Å². The summed E-state index contributed by atoms with van der Waals surface area (Å²) in [7, 11) is -2.57. The van der Waals surface area contributed by atoms with Gasteiger partial charge in [-0.3, -0.25) is 0 Å². The van der Waals surface area contributed by atoms with Crippen molar-refractivity contribution in [2.45, 2.75) is 38.3 Å². The summed E-state index contributed by atoms with van der Waals surface area (Å²) < 4.78 is 12.7. The first-order valence-electron chi connectivity index (χ1n) is 9.54. The molecule has 4 heteroatoms. The van der Waals surface area contributed by atoms with E-state index in [1.54, 1.807) is 6.08 Å². The summed E-state index contributed by atoms with van der Waals surface area (Å²) in [4.78, 5) is 0. The number of rotatable bonds is 10. The first-order chi connectivity index (χ1) is 13.0. The van der Waals surface area contributed by atoms with Crippen LogP contribution in [0, 0.1) is 0 Å². The third-order valence-electron chi connectivity index (χ3n) is 4.80. The molecule has 146 valence electrons. The highest BCUT2D eigenvalue weighted by Gasteiger charge is 2.50. The molecule has 0 unspecified atom stereocenters. The zero-order valence-corrected chi connectivity index (χ0v) is 17.7. The van der Waals surface area contributed by atoms with Crippen molar-refractivity contribution in [3.05, 3.63) is 73.3 Å². The molecule has 0 bridgehead atoms. The average molecular weight is 385 g/mol. The second kappa shape index (κ2) is 9.99. The summed E-state index contributed by atoms with van der Waals surface area (Å²) in [6.45, 7) is 11.5. The minimum atomic E-state index is -2.57. The van der Waals surface area contributed by atoms with Gasteiger partial charge in [-0.15, -0.1) is 6.58 Å². The van der Waals surface area contributed by atoms with Crippen molar-refractivity contribution in [2.24, 2.45) is 0 Å². The van der Waals surface area contributed by atoms with E-state index in [0.29, 0.717) is 19.6 Å². The van der Waals surface area contributed by atoms with Crippen LogP contribution < -0.4 is 10.4 Å². The molecule has 0 fully saturated rings. The van der Waals surface area contributed by atoms with Gasteiger partial charge in [-0.2, -0.15) is 0 Å². The van der Waals surface area contributed by atoms with Crippen molar-refractivity contribution in [1.82, 2.24) is 0 Å². The Hall–Kier alpha value is -1.72. The van der Waals surface area contributed by atoms with Gasteiger partial charge >= 0.3 is 0 Å². The normalized spacial score (nSPS) is 13.3. The Bertz CT molecular complexity index is 640. The van der Waals surface area contributed by atoms with E-state index in [9.17, 15) is 5.11 Å². The molecule has 0 spiro atoms. The van der Waals surface area contributed by atoms with Crippen LogP contribution in [-0.4, -0.2) is 39.3 Å². The number of hydrogen-bond donors (Lipinski definition) is 1. The predicted molar refractivity (Wildman–Crippen MR) is 115 cm³/mol. The molecular weight excluding hydrogens is 352 g/mol. The fourth-order valence-corrected chi connectivity index (χ4v) is 8.13. The third kappa shape index (κ3) is 5.17. The van der Waals surface area contributed by atoms with E-state index in [1.807, 2.05) is 12.1 Å². The Balaban J connectivity index is 2.47. The predicted octanol–water partition coefficient (Wildman–Crippen LogP) is 3.52. The molecule has 27 heavy (non-hydrogen) atoms. The van der Waals surface area contributed by atoms with Gasteiger partial charge in [0.1, 0.15) is 0 Å². The summed E-state index contributed by atoms with van der Waals surface area (Å²) in [6, 6.07) is 21.1. The molecule has 0 aliphatic heterocycles. The molecule has 0 aliphatic rings. The third-order valence-corrected chi connectivity index (χ3v) is 9.81. The number of aliphatic hydroxyl groups excluding tert-OH is 1. The molecule has 0 aliphatic carbocycles. The first-order valence-corrected chi connectivity index (χ1v) is 11.4. The van der Waals surface area contributed by atoms with Crippen molar-refractivity contribution in [2.75, 3.05) is 19.8 Å². The fraction of sp³-hybridized carbons (Fsp3) is 0.391. The highest BCUT2D eigenvalue weighted by molar-refractivity contribution is 6.99.